The van der Waals surface area contributed by atoms with E-state index in [1.807, 2.05) is 19.9 Å². The Morgan fingerprint density at radius 1 is 1.50 bits per heavy atom. The number of rotatable bonds is 5. The highest BCUT2D eigenvalue weighted by Crippen LogP contribution is 2.15. The van der Waals surface area contributed by atoms with Crippen molar-refractivity contribution in [3.05, 3.63) is 35.6 Å². The van der Waals surface area contributed by atoms with Gasteiger partial charge < -0.3 is 10.4 Å². The van der Waals surface area contributed by atoms with Gasteiger partial charge in [0, 0.05) is 12.6 Å². The lowest BCUT2D eigenvalue weighted by atomic mass is 10.0. The van der Waals surface area contributed by atoms with E-state index in [4.69, 9.17) is 0 Å². The van der Waals surface area contributed by atoms with Crippen molar-refractivity contribution in [2.24, 2.45) is 0 Å². The van der Waals surface area contributed by atoms with Crippen LogP contribution in [0.5, 0.6) is 0 Å². The summed E-state index contributed by atoms with van der Waals surface area (Å²) in [6, 6.07) is 6.55. The molecule has 0 saturated carbocycles. The molecule has 1 aromatic rings. The topological polar surface area (TPSA) is 32.3 Å². The third-order valence-electron chi connectivity index (χ3n) is 2.90. The summed E-state index contributed by atoms with van der Waals surface area (Å²) in [7, 11) is 0. The van der Waals surface area contributed by atoms with Gasteiger partial charge in [0.05, 0.1) is 5.60 Å². The average molecular weight is 225 g/mol. The Bertz CT molecular complexity index is 338. The number of hydrogen-bond acceptors (Lipinski definition) is 2. The maximum atomic E-state index is 13.0. The minimum atomic E-state index is -0.707. The standard InChI is InChI=1S/C13H20FNO/c1-4-13(3,16)9-15-10(2)11-6-5-7-12(14)8-11/h5-8,10,15-16H,4,9H2,1-3H3. The van der Waals surface area contributed by atoms with Crippen LogP contribution in [0.25, 0.3) is 0 Å². The van der Waals surface area contributed by atoms with Crippen molar-refractivity contribution in [1.29, 1.82) is 0 Å². The molecule has 0 fully saturated rings. The number of halogens is 1. The summed E-state index contributed by atoms with van der Waals surface area (Å²) in [5, 5.41) is 13.0. The zero-order valence-electron chi connectivity index (χ0n) is 10.1. The predicted octanol–water partition coefficient (Wildman–Crippen LogP) is 2.64. The number of nitrogens with one attached hydrogen (secondary N) is 1. The molecule has 2 N–H and O–H groups in total. The summed E-state index contributed by atoms with van der Waals surface area (Å²) < 4.78 is 13.0. The summed E-state index contributed by atoms with van der Waals surface area (Å²) in [5.74, 6) is -0.228. The van der Waals surface area contributed by atoms with Gasteiger partial charge in [0.1, 0.15) is 5.82 Å². The second kappa shape index (κ2) is 5.41. The number of aliphatic hydroxyl groups is 1. The van der Waals surface area contributed by atoms with Crippen molar-refractivity contribution in [1.82, 2.24) is 5.32 Å². The van der Waals surface area contributed by atoms with Crippen molar-refractivity contribution in [2.75, 3.05) is 6.54 Å². The van der Waals surface area contributed by atoms with Gasteiger partial charge in [-0.25, -0.2) is 4.39 Å². The molecule has 90 valence electrons. The molecule has 0 aromatic heterocycles. The molecule has 0 aliphatic carbocycles. The van der Waals surface area contributed by atoms with E-state index in [0.717, 1.165) is 5.56 Å². The van der Waals surface area contributed by atoms with E-state index in [0.29, 0.717) is 13.0 Å². The van der Waals surface area contributed by atoms with Gasteiger partial charge in [0.25, 0.3) is 0 Å². The van der Waals surface area contributed by atoms with Gasteiger partial charge in [-0.3, -0.25) is 0 Å². The van der Waals surface area contributed by atoms with Crippen molar-refractivity contribution in [3.63, 3.8) is 0 Å². The Morgan fingerprint density at radius 2 is 2.19 bits per heavy atom. The second-order valence-electron chi connectivity index (χ2n) is 4.51. The molecular weight excluding hydrogens is 205 g/mol. The van der Waals surface area contributed by atoms with Crippen LogP contribution in [0.3, 0.4) is 0 Å². The van der Waals surface area contributed by atoms with Crippen molar-refractivity contribution >= 4 is 0 Å². The lowest BCUT2D eigenvalue weighted by Gasteiger charge is -2.24. The Balaban J connectivity index is 2.56. The SMILES string of the molecule is CCC(C)(O)CNC(C)c1cccc(F)c1. The van der Waals surface area contributed by atoms with Gasteiger partial charge in [0.15, 0.2) is 0 Å². The lowest BCUT2D eigenvalue weighted by Crippen LogP contribution is -2.38. The molecular formula is C13H20FNO. The van der Waals surface area contributed by atoms with Crippen LogP contribution in [0.4, 0.5) is 4.39 Å². The molecule has 1 rings (SSSR count). The minimum Gasteiger partial charge on any atom is -0.389 e. The first-order valence-electron chi connectivity index (χ1n) is 5.66. The van der Waals surface area contributed by atoms with Crippen LogP contribution in [0.2, 0.25) is 0 Å². The Hall–Kier alpha value is -0.930. The van der Waals surface area contributed by atoms with Gasteiger partial charge in [-0.15, -0.1) is 0 Å². The van der Waals surface area contributed by atoms with Gasteiger partial charge in [-0.05, 0) is 38.0 Å². The molecule has 0 aliphatic rings. The van der Waals surface area contributed by atoms with Crippen molar-refractivity contribution in [2.45, 2.75) is 38.8 Å². The van der Waals surface area contributed by atoms with Crippen LogP contribution in [-0.2, 0) is 0 Å². The summed E-state index contributed by atoms with van der Waals surface area (Å²) in [5.41, 5.74) is 0.189. The van der Waals surface area contributed by atoms with Crippen LogP contribution in [0.15, 0.2) is 24.3 Å². The molecule has 2 unspecified atom stereocenters. The van der Waals surface area contributed by atoms with E-state index >= 15 is 0 Å². The molecule has 0 radical (unpaired) electrons. The zero-order chi connectivity index (χ0) is 12.2. The Kier molecular flexibility index (Phi) is 4.44. The van der Waals surface area contributed by atoms with Crippen molar-refractivity contribution < 1.29 is 9.50 Å². The van der Waals surface area contributed by atoms with Gasteiger partial charge in [0.2, 0.25) is 0 Å². The third-order valence-corrected chi connectivity index (χ3v) is 2.90. The fraction of sp³-hybridized carbons (Fsp3) is 0.538. The van der Waals surface area contributed by atoms with Crippen LogP contribution >= 0.6 is 0 Å². The highest BCUT2D eigenvalue weighted by atomic mass is 19.1. The van der Waals surface area contributed by atoms with E-state index < -0.39 is 5.60 Å². The maximum Gasteiger partial charge on any atom is 0.123 e. The van der Waals surface area contributed by atoms with Gasteiger partial charge >= 0.3 is 0 Å². The van der Waals surface area contributed by atoms with E-state index in [9.17, 15) is 9.50 Å². The molecule has 0 bridgehead atoms. The first-order chi connectivity index (χ1) is 7.44. The third kappa shape index (κ3) is 3.91. The molecule has 0 aliphatic heterocycles. The summed E-state index contributed by atoms with van der Waals surface area (Å²) >= 11 is 0. The van der Waals surface area contributed by atoms with E-state index in [-0.39, 0.29) is 11.9 Å². The Morgan fingerprint density at radius 3 is 2.75 bits per heavy atom. The monoisotopic (exact) mass is 225 g/mol. The summed E-state index contributed by atoms with van der Waals surface area (Å²) in [6.07, 6.45) is 0.690. The molecule has 0 amide bonds. The fourth-order valence-corrected chi connectivity index (χ4v) is 1.39. The van der Waals surface area contributed by atoms with Gasteiger partial charge in [-0.1, -0.05) is 19.1 Å². The zero-order valence-corrected chi connectivity index (χ0v) is 10.1. The van der Waals surface area contributed by atoms with Crippen molar-refractivity contribution in [3.8, 4) is 0 Å². The average Bonchev–Trinajstić information content (AvgIpc) is 2.26. The Labute approximate surface area is 96.5 Å². The van der Waals surface area contributed by atoms with E-state index in [1.165, 1.54) is 12.1 Å². The molecule has 0 heterocycles. The smallest absolute Gasteiger partial charge is 0.123 e. The molecule has 1 aromatic carbocycles. The van der Waals surface area contributed by atoms with Crippen LogP contribution in [0.1, 0.15) is 38.8 Å². The van der Waals surface area contributed by atoms with Crippen LogP contribution in [-0.4, -0.2) is 17.3 Å². The molecule has 16 heavy (non-hydrogen) atoms. The lowest BCUT2D eigenvalue weighted by molar-refractivity contribution is 0.0533. The largest absolute Gasteiger partial charge is 0.389 e. The minimum absolute atomic E-state index is 0.0359. The van der Waals surface area contributed by atoms with Crippen LogP contribution < -0.4 is 5.32 Å². The first kappa shape index (κ1) is 13.1. The fourth-order valence-electron chi connectivity index (χ4n) is 1.39. The molecule has 0 saturated heterocycles. The van der Waals surface area contributed by atoms with Gasteiger partial charge in [-0.2, -0.15) is 0 Å². The number of benzene rings is 1. The maximum absolute atomic E-state index is 13.0. The molecule has 3 heteroatoms. The number of hydrogen-bond donors (Lipinski definition) is 2. The van der Waals surface area contributed by atoms with Crippen LogP contribution in [0, 0.1) is 5.82 Å². The van der Waals surface area contributed by atoms with E-state index in [2.05, 4.69) is 5.32 Å². The second-order valence-corrected chi connectivity index (χ2v) is 4.51. The highest BCUT2D eigenvalue weighted by molar-refractivity contribution is 5.19. The quantitative estimate of drug-likeness (QED) is 0.807. The molecule has 2 nitrogen and oxygen atoms in total. The normalized spacial score (nSPS) is 16.8. The summed E-state index contributed by atoms with van der Waals surface area (Å²) in [6.45, 7) is 6.19. The van der Waals surface area contributed by atoms with E-state index in [1.54, 1.807) is 13.0 Å². The highest BCUT2D eigenvalue weighted by Gasteiger charge is 2.18. The first-order valence-corrected chi connectivity index (χ1v) is 5.66. The molecule has 2 atom stereocenters. The molecule has 0 spiro atoms. The summed E-state index contributed by atoms with van der Waals surface area (Å²) in [4.78, 5) is 0. The predicted molar refractivity (Wildman–Crippen MR) is 63.7 cm³/mol.